The zero-order valence-corrected chi connectivity index (χ0v) is 11.8. The number of carbonyl (C=O) groups is 1. The van der Waals surface area contributed by atoms with Crippen molar-refractivity contribution in [2.45, 2.75) is 6.42 Å². The van der Waals surface area contributed by atoms with E-state index >= 15 is 0 Å². The van der Waals surface area contributed by atoms with Crippen LogP contribution < -0.4 is 15.8 Å². The molecular formula is C15H15ClN2O2. The summed E-state index contributed by atoms with van der Waals surface area (Å²) in [6.45, 7) is 0. The van der Waals surface area contributed by atoms with Gasteiger partial charge in [-0.15, -0.1) is 0 Å². The van der Waals surface area contributed by atoms with E-state index in [9.17, 15) is 4.79 Å². The average Bonchev–Trinajstić information content (AvgIpc) is 2.43. The third-order valence-corrected chi connectivity index (χ3v) is 3.05. The molecule has 1 amide bonds. The number of nitrogen functional groups attached to an aromatic ring is 1. The fourth-order valence-corrected chi connectivity index (χ4v) is 1.95. The number of methoxy groups -OCH3 is 1. The van der Waals surface area contributed by atoms with E-state index in [1.54, 1.807) is 25.3 Å². The summed E-state index contributed by atoms with van der Waals surface area (Å²) >= 11 is 5.81. The number of anilines is 2. The van der Waals surface area contributed by atoms with Gasteiger partial charge in [-0.2, -0.15) is 0 Å². The van der Waals surface area contributed by atoms with E-state index in [0.717, 1.165) is 11.3 Å². The minimum absolute atomic E-state index is 0.135. The van der Waals surface area contributed by atoms with Gasteiger partial charge in [0.1, 0.15) is 5.75 Å². The molecule has 0 aromatic heterocycles. The summed E-state index contributed by atoms with van der Waals surface area (Å²) in [5.41, 5.74) is 7.69. The van der Waals surface area contributed by atoms with Crippen LogP contribution in [0, 0.1) is 0 Å². The van der Waals surface area contributed by atoms with Crippen LogP contribution in [0.3, 0.4) is 0 Å². The molecule has 0 aliphatic carbocycles. The SMILES string of the molecule is COc1ccc(CC(=O)Nc2ccc(Cl)cc2N)cc1. The van der Waals surface area contributed by atoms with Crippen LogP contribution in [0.4, 0.5) is 11.4 Å². The van der Waals surface area contributed by atoms with Crippen molar-refractivity contribution in [1.82, 2.24) is 0 Å². The predicted octanol–water partition coefficient (Wildman–Crippen LogP) is 3.11. The Morgan fingerprint density at radius 3 is 2.55 bits per heavy atom. The maximum atomic E-state index is 11.9. The number of carbonyl (C=O) groups excluding carboxylic acids is 1. The largest absolute Gasteiger partial charge is 0.497 e. The molecule has 2 aromatic carbocycles. The van der Waals surface area contributed by atoms with Gasteiger partial charge >= 0.3 is 0 Å². The van der Waals surface area contributed by atoms with Gasteiger partial charge in [-0.1, -0.05) is 23.7 Å². The van der Waals surface area contributed by atoms with E-state index in [4.69, 9.17) is 22.1 Å². The first-order valence-corrected chi connectivity index (χ1v) is 6.44. The van der Waals surface area contributed by atoms with Crippen LogP contribution in [0.5, 0.6) is 5.75 Å². The first-order valence-electron chi connectivity index (χ1n) is 6.06. The van der Waals surface area contributed by atoms with E-state index in [2.05, 4.69) is 5.32 Å². The molecule has 0 bridgehead atoms. The summed E-state index contributed by atoms with van der Waals surface area (Å²) in [5.74, 6) is 0.625. The lowest BCUT2D eigenvalue weighted by atomic mass is 10.1. The third kappa shape index (κ3) is 3.65. The fraction of sp³-hybridized carbons (Fsp3) is 0.133. The first kappa shape index (κ1) is 14.2. The van der Waals surface area contributed by atoms with Gasteiger partial charge in [-0.05, 0) is 35.9 Å². The average molecular weight is 291 g/mol. The van der Waals surface area contributed by atoms with E-state index in [-0.39, 0.29) is 12.3 Å². The zero-order valence-electron chi connectivity index (χ0n) is 11.0. The van der Waals surface area contributed by atoms with Gasteiger partial charge < -0.3 is 15.8 Å². The quantitative estimate of drug-likeness (QED) is 0.850. The number of hydrogen-bond donors (Lipinski definition) is 2. The van der Waals surface area contributed by atoms with E-state index in [1.165, 1.54) is 0 Å². The molecule has 0 radical (unpaired) electrons. The highest BCUT2D eigenvalue weighted by molar-refractivity contribution is 6.31. The zero-order chi connectivity index (χ0) is 14.5. The Morgan fingerprint density at radius 2 is 1.95 bits per heavy atom. The number of rotatable bonds is 4. The lowest BCUT2D eigenvalue weighted by Gasteiger charge is -2.09. The molecule has 0 spiro atoms. The van der Waals surface area contributed by atoms with Crippen molar-refractivity contribution in [3.63, 3.8) is 0 Å². The van der Waals surface area contributed by atoms with Crippen molar-refractivity contribution in [2.75, 3.05) is 18.2 Å². The molecular weight excluding hydrogens is 276 g/mol. The van der Waals surface area contributed by atoms with Gasteiger partial charge in [0, 0.05) is 5.02 Å². The third-order valence-electron chi connectivity index (χ3n) is 2.81. The Labute approximate surface area is 122 Å². The molecule has 20 heavy (non-hydrogen) atoms. The smallest absolute Gasteiger partial charge is 0.228 e. The topological polar surface area (TPSA) is 64.3 Å². The second-order valence-corrected chi connectivity index (χ2v) is 4.74. The molecule has 2 aromatic rings. The van der Waals surface area contributed by atoms with E-state index < -0.39 is 0 Å². The van der Waals surface area contributed by atoms with Gasteiger partial charge in [-0.25, -0.2) is 0 Å². The lowest BCUT2D eigenvalue weighted by molar-refractivity contribution is -0.115. The molecule has 104 valence electrons. The monoisotopic (exact) mass is 290 g/mol. The molecule has 0 fully saturated rings. The highest BCUT2D eigenvalue weighted by Crippen LogP contribution is 2.22. The van der Waals surface area contributed by atoms with Gasteiger partial charge in [0.15, 0.2) is 0 Å². The van der Waals surface area contributed by atoms with E-state index in [0.29, 0.717) is 16.4 Å². The number of ether oxygens (including phenoxy) is 1. The second-order valence-electron chi connectivity index (χ2n) is 4.30. The van der Waals surface area contributed by atoms with E-state index in [1.807, 2.05) is 24.3 Å². The molecule has 0 saturated carbocycles. The van der Waals surface area contributed by atoms with Crippen LogP contribution >= 0.6 is 11.6 Å². The Kier molecular flexibility index (Phi) is 4.48. The molecule has 3 N–H and O–H groups in total. The predicted molar refractivity (Wildman–Crippen MR) is 81.2 cm³/mol. The Bertz CT molecular complexity index is 612. The standard InChI is InChI=1S/C15H15ClN2O2/c1-20-12-5-2-10(3-6-12)8-15(19)18-14-7-4-11(16)9-13(14)17/h2-7,9H,8,17H2,1H3,(H,18,19). The number of nitrogens with two attached hydrogens (primary N) is 1. The minimum atomic E-state index is -0.135. The van der Waals surface area contributed by atoms with Crippen molar-refractivity contribution < 1.29 is 9.53 Å². The van der Waals surface area contributed by atoms with Gasteiger partial charge in [0.25, 0.3) is 0 Å². The summed E-state index contributed by atoms with van der Waals surface area (Å²) in [7, 11) is 1.60. The van der Waals surface area contributed by atoms with Crippen LogP contribution in [0.15, 0.2) is 42.5 Å². The number of benzene rings is 2. The number of halogens is 1. The molecule has 0 aliphatic heterocycles. The summed E-state index contributed by atoms with van der Waals surface area (Å²) in [4.78, 5) is 11.9. The number of hydrogen-bond acceptors (Lipinski definition) is 3. The van der Waals surface area contributed by atoms with Crippen LogP contribution in [0.1, 0.15) is 5.56 Å². The van der Waals surface area contributed by atoms with Crippen molar-refractivity contribution in [3.8, 4) is 5.75 Å². The van der Waals surface area contributed by atoms with Crippen molar-refractivity contribution in [1.29, 1.82) is 0 Å². The molecule has 0 heterocycles. The highest BCUT2D eigenvalue weighted by Gasteiger charge is 2.07. The maximum Gasteiger partial charge on any atom is 0.228 e. The molecule has 0 unspecified atom stereocenters. The van der Waals surface area contributed by atoms with Crippen LogP contribution in [0.25, 0.3) is 0 Å². The summed E-state index contributed by atoms with van der Waals surface area (Å²) in [6, 6.07) is 12.3. The molecule has 2 rings (SSSR count). The summed E-state index contributed by atoms with van der Waals surface area (Å²) in [5, 5.41) is 3.30. The number of nitrogens with one attached hydrogen (secondary N) is 1. The highest BCUT2D eigenvalue weighted by atomic mass is 35.5. The Balaban J connectivity index is 2.01. The lowest BCUT2D eigenvalue weighted by Crippen LogP contribution is -2.15. The first-order chi connectivity index (χ1) is 9.58. The second kappa shape index (κ2) is 6.30. The van der Waals surface area contributed by atoms with Gasteiger partial charge in [0.2, 0.25) is 5.91 Å². The molecule has 5 heteroatoms. The molecule has 0 aliphatic rings. The van der Waals surface area contributed by atoms with Crippen LogP contribution in [0.2, 0.25) is 5.02 Å². The van der Waals surface area contributed by atoms with Gasteiger partial charge in [-0.3, -0.25) is 4.79 Å². The van der Waals surface area contributed by atoms with Crippen molar-refractivity contribution in [2.24, 2.45) is 0 Å². The Morgan fingerprint density at radius 1 is 1.25 bits per heavy atom. The van der Waals surface area contributed by atoms with Crippen molar-refractivity contribution in [3.05, 3.63) is 53.1 Å². The summed E-state index contributed by atoms with van der Waals surface area (Å²) < 4.78 is 5.07. The minimum Gasteiger partial charge on any atom is -0.497 e. The maximum absolute atomic E-state index is 11.9. The van der Waals surface area contributed by atoms with Crippen LogP contribution in [-0.4, -0.2) is 13.0 Å². The summed E-state index contributed by atoms with van der Waals surface area (Å²) in [6.07, 6.45) is 0.270. The molecule has 4 nitrogen and oxygen atoms in total. The molecule has 0 saturated heterocycles. The van der Waals surface area contributed by atoms with Gasteiger partial charge in [0.05, 0.1) is 24.9 Å². The number of amides is 1. The fourth-order valence-electron chi connectivity index (χ4n) is 1.77. The van der Waals surface area contributed by atoms with Crippen LogP contribution in [-0.2, 0) is 11.2 Å². The normalized spacial score (nSPS) is 10.1. The Hall–Kier alpha value is -2.20. The molecule has 0 atom stereocenters. The van der Waals surface area contributed by atoms with Crippen molar-refractivity contribution >= 4 is 28.9 Å².